The SMILES string of the molecule is Cc1c(C(=O)NCc2ccccn2)sc2ncn(Cc3ccccc3F)c(=O)c12. The fraction of sp³-hybridized carbons (Fsp3) is 0.143. The maximum atomic E-state index is 13.9. The molecule has 0 aliphatic rings. The average molecular weight is 408 g/mol. The number of halogens is 1. The van der Waals surface area contributed by atoms with Gasteiger partial charge in [0.05, 0.1) is 35.4 Å². The van der Waals surface area contributed by atoms with Gasteiger partial charge in [0.2, 0.25) is 0 Å². The van der Waals surface area contributed by atoms with E-state index < -0.39 is 0 Å². The summed E-state index contributed by atoms with van der Waals surface area (Å²) < 4.78 is 15.3. The molecule has 1 aromatic carbocycles. The Morgan fingerprint density at radius 3 is 2.72 bits per heavy atom. The normalized spacial score (nSPS) is 11.0. The van der Waals surface area contributed by atoms with Gasteiger partial charge in [0, 0.05) is 11.8 Å². The molecular weight excluding hydrogens is 391 g/mol. The van der Waals surface area contributed by atoms with E-state index in [-0.39, 0.29) is 30.4 Å². The second-order valence-electron chi connectivity index (χ2n) is 6.51. The van der Waals surface area contributed by atoms with Crippen LogP contribution in [0.1, 0.15) is 26.5 Å². The fourth-order valence-corrected chi connectivity index (χ4v) is 4.11. The van der Waals surface area contributed by atoms with Crippen molar-refractivity contribution in [3.05, 3.63) is 92.9 Å². The van der Waals surface area contributed by atoms with Gasteiger partial charge in [0.25, 0.3) is 11.5 Å². The van der Waals surface area contributed by atoms with Gasteiger partial charge in [-0.05, 0) is 30.7 Å². The van der Waals surface area contributed by atoms with E-state index in [0.717, 1.165) is 5.69 Å². The number of nitrogens with zero attached hydrogens (tertiary/aromatic N) is 3. The molecular formula is C21H17FN4O2S. The molecule has 3 heterocycles. The summed E-state index contributed by atoms with van der Waals surface area (Å²) in [4.78, 5) is 35.0. The van der Waals surface area contributed by atoms with Crippen LogP contribution >= 0.6 is 11.3 Å². The van der Waals surface area contributed by atoms with E-state index in [9.17, 15) is 14.0 Å². The Hall–Kier alpha value is -3.39. The third-order valence-corrected chi connectivity index (χ3v) is 5.78. The van der Waals surface area contributed by atoms with Crippen LogP contribution in [0.15, 0.2) is 59.8 Å². The maximum Gasteiger partial charge on any atom is 0.262 e. The number of amides is 1. The lowest BCUT2D eigenvalue weighted by Gasteiger charge is -2.06. The molecule has 0 aliphatic carbocycles. The van der Waals surface area contributed by atoms with Crippen molar-refractivity contribution >= 4 is 27.5 Å². The lowest BCUT2D eigenvalue weighted by molar-refractivity contribution is 0.0954. The van der Waals surface area contributed by atoms with E-state index in [4.69, 9.17) is 0 Å². The Kier molecular flexibility index (Phi) is 5.18. The molecule has 29 heavy (non-hydrogen) atoms. The van der Waals surface area contributed by atoms with Crippen molar-refractivity contribution in [2.75, 3.05) is 0 Å². The van der Waals surface area contributed by atoms with Crippen molar-refractivity contribution < 1.29 is 9.18 Å². The summed E-state index contributed by atoms with van der Waals surface area (Å²) >= 11 is 1.17. The van der Waals surface area contributed by atoms with Gasteiger partial charge >= 0.3 is 0 Å². The molecule has 146 valence electrons. The Morgan fingerprint density at radius 2 is 1.97 bits per heavy atom. The van der Waals surface area contributed by atoms with Crippen molar-refractivity contribution in [2.24, 2.45) is 0 Å². The molecule has 1 amide bonds. The summed E-state index contributed by atoms with van der Waals surface area (Å²) in [5, 5.41) is 3.21. The van der Waals surface area contributed by atoms with E-state index >= 15 is 0 Å². The van der Waals surface area contributed by atoms with Crippen LogP contribution in [0.25, 0.3) is 10.2 Å². The van der Waals surface area contributed by atoms with Crippen molar-refractivity contribution in [3.63, 3.8) is 0 Å². The Bertz CT molecular complexity index is 1250. The maximum absolute atomic E-state index is 13.9. The zero-order chi connectivity index (χ0) is 20.4. The molecule has 0 saturated carbocycles. The molecule has 0 bridgehead atoms. The summed E-state index contributed by atoms with van der Waals surface area (Å²) in [5.74, 6) is -0.660. The van der Waals surface area contributed by atoms with Gasteiger partial charge in [0.15, 0.2) is 0 Å². The Morgan fingerprint density at radius 1 is 1.17 bits per heavy atom. The molecule has 0 spiro atoms. The molecule has 4 rings (SSSR count). The first kappa shape index (κ1) is 18.9. The minimum atomic E-state index is -0.379. The predicted octanol–water partition coefficient (Wildman–Crippen LogP) is 3.28. The summed E-state index contributed by atoms with van der Waals surface area (Å²) in [5.41, 5.74) is 1.42. The number of thiophene rings is 1. The summed E-state index contributed by atoms with van der Waals surface area (Å²) in [6, 6.07) is 11.8. The zero-order valence-corrected chi connectivity index (χ0v) is 16.4. The van der Waals surface area contributed by atoms with Crippen LogP contribution in [0.3, 0.4) is 0 Å². The molecule has 0 saturated heterocycles. The lowest BCUT2D eigenvalue weighted by Crippen LogP contribution is -2.23. The third kappa shape index (κ3) is 3.79. The molecule has 0 fully saturated rings. The van der Waals surface area contributed by atoms with Crippen molar-refractivity contribution in [3.8, 4) is 0 Å². The fourth-order valence-electron chi connectivity index (χ4n) is 3.05. The number of carbonyl (C=O) groups is 1. The monoisotopic (exact) mass is 408 g/mol. The van der Waals surface area contributed by atoms with E-state index in [1.54, 1.807) is 37.4 Å². The van der Waals surface area contributed by atoms with Gasteiger partial charge in [-0.25, -0.2) is 9.37 Å². The number of pyridine rings is 1. The van der Waals surface area contributed by atoms with Crippen molar-refractivity contribution in [1.29, 1.82) is 0 Å². The number of aryl methyl sites for hydroxylation is 1. The molecule has 0 atom stereocenters. The summed E-state index contributed by atoms with van der Waals surface area (Å²) in [6.07, 6.45) is 3.05. The number of hydrogen-bond acceptors (Lipinski definition) is 5. The van der Waals surface area contributed by atoms with E-state index in [1.807, 2.05) is 12.1 Å². The first-order valence-electron chi connectivity index (χ1n) is 8.94. The molecule has 1 N–H and O–H groups in total. The number of carbonyl (C=O) groups excluding carboxylic acids is 1. The summed E-state index contributed by atoms with van der Waals surface area (Å²) in [7, 11) is 0. The van der Waals surface area contributed by atoms with Crippen LogP contribution in [-0.2, 0) is 13.1 Å². The highest BCUT2D eigenvalue weighted by molar-refractivity contribution is 7.20. The zero-order valence-electron chi connectivity index (χ0n) is 15.6. The second kappa shape index (κ2) is 7.92. The quantitative estimate of drug-likeness (QED) is 0.550. The molecule has 8 heteroatoms. The van der Waals surface area contributed by atoms with Crippen molar-refractivity contribution in [1.82, 2.24) is 19.9 Å². The molecule has 0 aliphatic heterocycles. The van der Waals surface area contributed by atoms with Crippen LogP contribution in [0, 0.1) is 12.7 Å². The Labute approximate surface area is 169 Å². The topological polar surface area (TPSA) is 76.9 Å². The third-order valence-electron chi connectivity index (χ3n) is 4.58. The van der Waals surface area contributed by atoms with Gasteiger partial charge in [-0.15, -0.1) is 11.3 Å². The largest absolute Gasteiger partial charge is 0.346 e. The highest BCUT2D eigenvalue weighted by Crippen LogP contribution is 2.27. The second-order valence-corrected chi connectivity index (χ2v) is 7.51. The average Bonchev–Trinajstić information content (AvgIpc) is 3.08. The molecule has 4 aromatic rings. The van der Waals surface area contributed by atoms with Gasteiger partial charge in [-0.1, -0.05) is 24.3 Å². The number of fused-ring (bicyclic) bond motifs is 1. The van der Waals surface area contributed by atoms with Crippen LogP contribution in [0.4, 0.5) is 4.39 Å². The van der Waals surface area contributed by atoms with E-state index in [1.165, 1.54) is 28.3 Å². The predicted molar refractivity (Wildman–Crippen MR) is 110 cm³/mol. The number of nitrogens with one attached hydrogen (secondary N) is 1. The smallest absolute Gasteiger partial charge is 0.262 e. The highest BCUT2D eigenvalue weighted by Gasteiger charge is 2.19. The van der Waals surface area contributed by atoms with Crippen LogP contribution in [-0.4, -0.2) is 20.4 Å². The first-order chi connectivity index (χ1) is 14.0. The standard InChI is InChI=1S/C21H17FN4O2S/c1-13-17-20(29-18(13)19(27)24-10-15-7-4-5-9-23-15)25-12-26(21(17)28)11-14-6-2-3-8-16(14)22/h2-9,12H,10-11H2,1H3,(H,24,27). The summed E-state index contributed by atoms with van der Waals surface area (Å²) in [6.45, 7) is 2.09. The molecule has 3 aromatic heterocycles. The molecule has 0 unspecified atom stereocenters. The number of rotatable bonds is 5. The number of benzene rings is 1. The van der Waals surface area contributed by atoms with Gasteiger partial charge in [0.1, 0.15) is 10.6 Å². The van der Waals surface area contributed by atoms with Gasteiger partial charge < -0.3 is 5.32 Å². The van der Waals surface area contributed by atoms with Crippen LogP contribution < -0.4 is 10.9 Å². The van der Waals surface area contributed by atoms with Crippen molar-refractivity contribution in [2.45, 2.75) is 20.0 Å². The van der Waals surface area contributed by atoms with Crippen LogP contribution in [0.5, 0.6) is 0 Å². The van der Waals surface area contributed by atoms with E-state index in [0.29, 0.717) is 26.2 Å². The van der Waals surface area contributed by atoms with Crippen LogP contribution in [0.2, 0.25) is 0 Å². The lowest BCUT2D eigenvalue weighted by atomic mass is 10.2. The van der Waals surface area contributed by atoms with E-state index in [2.05, 4.69) is 15.3 Å². The molecule has 0 radical (unpaired) electrons. The Balaban J connectivity index is 1.63. The highest BCUT2D eigenvalue weighted by atomic mass is 32.1. The van der Waals surface area contributed by atoms with Gasteiger partial charge in [-0.3, -0.25) is 19.1 Å². The number of aromatic nitrogens is 3. The van der Waals surface area contributed by atoms with Gasteiger partial charge in [-0.2, -0.15) is 0 Å². The minimum absolute atomic E-state index is 0.0743. The number of hydrogen-bond donors (Lipinski definition) is 1. The molecule has 6 nitrogen and oxygen atoms in total. The first-order valence-corrected chi connectivity index (χ1v) is 9.76. The minimum Gasteiger partial charge on any atom is -0.346 e.